The molecule has 3 rings (SSSR count). The van der Waals surface area contributed by atoms with Crippen LogP contribution in [0.5, 0.6) is 5.75 Å². The molecule has 7 nitrogen and oxygen atoms in total. The van der Waals surface area contributed by atoms with Gasteiger partial charge in [0.2, 0.25) is 0 Å². The molecule has 0 atom stereocenters. The lowest BCUT2D eigenvalue weighted by molar-refractivity contribution is -0.0761. The Hall–Kier alpha value is -2.72. The van der Waals surface area contributed by atoms with Gasteiger partial charge >= 0.3 is 0 Å². The molecular weight excluding hydrogens is 496 g/mol. The summed E-state index contributed by atoms with van der Waals surface area (Å²) in [5.74, 6) is -0.403. The van der Waals surface area contributed by atoms with Gasteiger partial charge in [-0.05, 0) is 61.4 Å². The maximum Gasteiger partial charge on any atom is 0.293 e. The first kappa shape index (κ1) is 23.9. The summed E-state index contributed by atoms with van der Waals surface area (Å²) in [6.45, 7) is 3.61. The highest BCUT2D eigenvalue weighted by Crippen LogP contribution is 2.27. The lowest BCUT2D eigenvalue weighted by Crippen LogP contribution is -2.44. The second-order valence-corrected chi connectivity index (χ2v) is 9.81. The number of methoxy groups -OCH3 is 1. The van der Waals surface area contributed by atoms with Gasteiger partial charge in [0.05, 0.1) is 12.0 Å². The molecule has 0 unspecified atom stereocenters. The van der Waals surface area contributed by atoms with Crippen molar-refractivity contribution < 1.29 is 23.2 Å². The highest BCUT2D eigenvalue weighted by Gasteiger charge is 2.25. The van der Waals surface area contributed by atoms with E-state index in [1.54, 1.807) is 32.0 Å². The molecule has 0 saturated carbocycles. The number of benzene rings is 3. The minimum atomic E-state index is -4.29. The van der Waals surface area contributed by atoms with Crippen LogP contribution in [0.3, 0.4) is 0 Å². The minimum Gasteiger partial charge on any atom is -0.497 e. The Morgan fingerprint density at radius 1 is 1.03 bits per heavy atom. The summed E-state index contributed by atoms with van der Waals surface area (Å²) in [7, 11) is -2.80. The zero-order valence-corrected chi connectivity index (χ0v) is 20.2. The van der Waals surface area contributed by atoms with Crippen molar-refractivity contribution in [1.82, 2.24) is 10.0 Å². The largest absolute Gasteiger partial charge is 0.497 e. The van der Waals surface area contributed by atoms with Crippen LogP contribution in [-0.2, 0) is 16.4 Å². The highest BCUT2D eigenvalue weighted by molar-refractivity contribution is 9.10. The van der Waals surface area contributed by atoms with Gasteiger partial charge in [0, 0.05) is 16.5 Å². The van der Waals surface area contributed by atoms with Crippen LogP contribution in [0.15, 0.2) is 70.0 Å². The van der Waals surface area contributed by atoms with Crippen LogP contribution in [-0.4, -0.2) is 31.8 Å². The summed E-state index contributed by atoms with van der Waals surface area (Å²) in [6.07, 6.45) is 0.283. The molecule has 9 heteroatoms. The molecule has 0 bridgehead atoms. The Morgan fingerprint density at radius 2 is 1.69 bits per heavy atom. The number of ether oxygens (including phenoxy) is 1. The number of nitrogens with one attached hydrogen (secondary N) is 1. The third kappa shape index (κ3) is 5.55. The van der Waals surface area contributed by atoms with Crippen molar-refractivity contribution in [2.75, 3.05) is 7.11 Å². The van der Waals surface area contributed by atoms with E-state index in [9.17, 15) is 18.4 Å². The number of hydroxylamine groups is 1. The molecule has 0 aliphatic carbocycles. The first-order valence-corrected chi connectivity index (χ1v) is 11.9. The van der Waals surface area contributed by atoms with E-state index >= 15 is 0 Å². The van der Waals surface area contributed by atoms with Gasteiger partial charge in [0.1, 0.15) is 5.75 Å². The van der Waals surface area contributed by atoms with Crippen molar-refractivity contribution in [3.8, 4) is 5.75 Å². The zero-order valence-electron chi connectivity index (χ0n) is 17.8. The molecule has 32 heavy (non-hydrogen) atoms. The summed E-state index contributed by atoms with van der Waals surface area (Å²) in [5, 5.41) is 10.2. The number of sulfonamides is 1. The molecule has 0 spiro atoms. The maximum atomic E-state index is 13.1. The standard InChI is InChI=1S/C23H23BrN2O5S/c1-15-10-16(2)12-19(11-15)23(27)26(28)25-32(29,30)22-9-8-20(31-3)14-18(22)13-17-6-4-5-7-21(17)24/h4-12,14,25,28H,13H2,1-3H3. The fraction of sp³-hybridized carbons (Fsp3) is 0.174. The summed E-state index contributed by atoms with van der Waals surface area (Å²) in [5.41, 5.74) is 3.10. The van der Waals surface area contributed by atoms with Crippen LogP contribution in [0.2, 0.25) is 0 Å². The zero-order chi connectivity index (χ0) is 23.5. The van der Waals surface area contributed by atoms with Gasteiger partial charge in [-0.1, -0.05) is 56.2 Å². The number of hydrogen-bond acceptors (Lipinski definition) is 5. The van der Waals surface area contributed by atoms with Crippen LogP contribution in [0.25, 0.3) is 0 Å². The Balaban J connectivity index is 1.93. The second kappa shape index (κ2) is 9.83. The number of halogens is 1. The number of aryl methyl sites for hydroxylation is 2. The van der Waals surface area contributed by atoms with Crippen LogP contribution >= 0.6 is 15.9 Å². The number of hydrazine groups is 1. The van der Waals surface area contributed by atoms with Crippen LogP contribution in [0, 0.1) is 13.8 Å². The molecule has 3 aromatic rings. The minimum absolute atomic E-state index is 0.00398. The number of amides is 1. The third-order valence-electron chi connectivity index (χ3n) is 4.76. The third-order valence-corrected chi connectivity index (χ3v) is 6.93. The fourth-order valence-corrected chi connectivity index (χ4v) is 4.91. The number of carbonyl (C=O) groups is 1. The lowest BCUT2D eigenvalue weighted by atomic mass is 10.0. The number of carbonyl (C=O) groups excluding carboxylic acids is 1. The van der Waals surface area contributed by atoms with Gasteiger partial charge in [0.25, 0.3) is 15.9 Å². The first-order valence-electron chi connectivity index (χ1n) is 9.65. The SMILES string of the molecule is COc1ccc(S(=O)(=O)NN(O)C(=O)c2cc(C)cc(C)c2)c(Cc2ccccc2Br)c1. The summed E-state index contributed by atoms with van der Waals surface area (Å²) < 4.78 is 32.3. The Labute approximate surface area is 195 Å². The van der Waals surface area contributed by atoms with Crippen molar-refractivity contribution >= 4 is 31.9 Å². The molecule has 3 aromatic carbocycles. The molecule has 0 heterocycles. The van der Waals surface area contributed by atoms with E-state index in [0.717, 1.165) is 21.2 Å². The Bertz CT molecular complexity index is 1240. The molecule has 1 amide bonds. The van der Waals surface area contributed by atoms with Crippen LogP contribution < -0.4 is 9.57 Å². The van der Waals surface area contributed by atoms with Gasteiger partial charge in [-0.2, -0.15) is 0 Å². The quantitative estimate of drug-likeness (QED) is 0.357. The molecule has 0 aromatic heterocycles. The maximum absolute atomic E-state index is 13.1. The average molecular weight is 519 g/mol. The Kier molecular flexibility index (Phi) is 7.35. The molecular formula is C23H23BrN2O5S. The highest BCUT2D eigenvalue weighted by atomic mass is 79.9. The van der Waals surface area contributed by atoms with Crippen molar-refractivity contribution in [1.29, 1.82) is 0 Å². The monoisotopic (exact) mass is 518 g/mol. The predicted octanol–water partition coefficient (Wildman–Crippen LogP) is 4.39. The van der Waals surface area contributed by atoms with Crippen molar-refractivity contribution in [3.05, 3.63) is 93.0 Å². The topological polar surface area (TPSA) is 95.9 Å². The van der Waals surface area contributed by atoms with E-state index in [1.807, 2.05) is 35.2 Å². The van der Waals surface area contributed by atoms with Crippen molar-refractivity contribution in [2.24, 2.45) is 0 Å². The van der Waals surface area contributed by atoms with E-state index < -0.39 is 15.9 Å². The molecule has 0 saturated heterocycles. The van der Waals surface area contributed by atoms with E-state index in [-0.39, 0.29) is 22.1 Å². The van der Waals surface area contributed by atoms with E-state index in [2.05, 4.69) is 15.9 Å². The van der Waals surface area contributed by atoms with Crippen LogP contribution in [0.1, 0.15) is 32.6 Å². The normalized spacial score (nSPS) is 11.3. The number of nitrogens with zero attached hydrogens (tertiary/aromatic N) is 1. The molecule has 2 N–H and O–H groups in total. The average Bonchev–Trinajstić information content (AvgIpc) is 2.73. The summed E-state index contributed by atoms with van der Waals surface area (Å²) >= 11 is 3.47. The molecule has 0 aliphatic rings. The lowest BCUT2D eigenvalue weighted by Gasteiger charge is -2.19. The molecule has 0 aliphatic heterocycles. The molecule has 0 fully saturated rings. The molecule has 0 radical (unpaired) electrons. The number of hydrogen-bond donors (Lipinski definition) is 2. The van der Waals surface area contributed by atoms with E-state index in [4.69, 9.17) is 4.74 Å². The predicted molar refractivity (Wildman–Crippen MR) is 124 cm³/mol. The van der Waals surface area contributed by atoms with E-state index in [0.29, 0.717) is 11.3 Å². The molecule has 168 valence electrons. The first-order chi connectivity index (χ1) is 15.1. The van der Waals surface area contributed by atoms with Gasteiger partial charge in [-0.3, -0.25) is 10.0 Å². The Morgan fingerprint density at radius 3 is 2.31 bits per heavy atom. The van der Waals surface area contributed by atoms with Gasteiger partial charge in [0.15, 0.2) is 0 Å². The van der Waals surface area contributed by atoms with Gasteiger partial charge in [-0.25, -0.2) is 8.42 Å². The number of rotatable bonds is 7. The van der Waals surface area contributed by atoms with Crippen molar-refractivity contribution in [3.63, 3.8) is 0 Å². The fourth-order valence-electron chi connectivity index (χ4n) is 3.35. The van der Waals surface area contributed by atoms with E-state index in [1.165, 1.54) is 19.2 Å². The second-order valence-electron chi connectivity index (χ2n) is 7.33. The van der Waals surface area contributed by atoms with Gasteiger partial charge in [-0.15, -0.1) is 5.17 Å². The van der Waals surface area contributed by atoms with Crippen molar-refractivity contribution in [2.45, 2.75) is 25.2 Å². The smallest absolute Gasteiger partial charge is 0.293 e. The van der Waals surface area contributed by atoms with Crippen LogP contribution in [0.4, 0.5) is 0 Å². The summed E-state index contributed by atoms with van der Waals surface area (Å²) in [4.78, 5) is 14.5. The van der Waals surface area contributed by atoms with Gasteiger partial charge < -0.3 is 4.74 Å². The summed E-state index contributed by atoms with van der Waals surface area (Å²) in [6, 6.07) is 16.9.